The number of carbonyl (C=O) groups excluding carboxylic acids is 1. The van der Waals surface area contributed by atoms with Crippen LogP contribution < -0.4 is 4.74 Å². The zero-order valence-corrected chi connectivity index (χ0v) is 14.0. The van der Waals surface area contributed by atoms with E-state index in [9.17, 15) is 9.18 Å². The predicted octanol–water partition coefficient (Wildman–Crippen LogP) is 4.50. The first-order valence-electron chi connectivity index (χ1n) is 7.65. The van der Waals surface area contributed by atoms with E-state index in [-0.39, 0.29) is 34.2 Å². The second kappa shape index (κ2) is 6.73. The monoisotopic (exact) mass is 350 g/mol. The highest BCUT2D eigenvalue weighted by molar-refractivity contribution is 6.32. The molecule has 126 valence electrons. The number of esters is 1. The Morgan fingerprint density at radius 1 is 1.33 bits per heavy atom. The Morgan fingerprint density at radius 3 is 2.75 bits per heavy atom. The summed E-state index contributed by atoms with van der Waals surface area (Å²) >= 11 is 6.06. The maximum Gasteiger partial charge on any atom is 0.344 e. The van der Waals surface area contributed by atoms with Crippen molar-refractivity contribution >= 4 is 17.6 Å². The van der Waals surface area contributed by atoms with E-state index in [0.717, 1.165) is 12.8 Å². The van der Waals surface area contributed by atoms with Gasteiger partial charge in [-0.05, 0) is 50.3 Å². The molecule has 0 spiro atoms. The van der Waals surface area contributed by atoms with E-state index in [4.69, 9.17) is 21.1 Å². The van der Waals surface area contributed by atoms with Gasteiger partial charge in [-0.25, -0.2) is 9.18 Å². The molecule has 3 rings (SSSR count). The molecule has 5 nitrogen and oxygen atoms in total. The third-order valence-electron chi connectivity index (χ3n) is 3.54. The molecule has 0 radical (unpaired) electrons. The molecule has 0 aliphatic heterocycles. The SMILES string of the molecule is CC(C)OC(=O)c1ccnnc1Oc1c(Cl)ccc(C2CC2)c1F. The fraction of sp³-hybridized carbons (Fsp3) is 0.353. The van der Waals surface area contributed by atoms with Gasteiger partial charge in [-0.1, -0.05) is 17.7 Å². The average molecular weight is 351 g/mol. The first-order valence-corrected chi connectivity index (χ1v) is 8.03. The highest BCUT2D eigenvalue weighted by Crippen LogP contribution is 2.45. The summed E-state index contributed by atoms with van der Waals surface area (Å²) in [6, 6.07) is 4.65. The van der Waals surface area contributed by atoms with Crippen molar-refractivity contribution in [2.24, 2.45) is 0 Å². The molecule has 0 amide bonds. The lowest BCUT2D eigenvalue weighted by Crippen LogP contribution is -2.13. The third-order valence-corrected chi connectivity index (χ3v) is 3.84. The molecule has 7 heteroatoms. The highest BCUT2D eigenvalue weighted by Gasteiger charge is 2.30. The van der Waals surface area contributed by atoms with Crippen molar-refractivity contribution in [3.63, 3.8) is 0 Å². The molecule has 0 unspecified atom stereocenters. The van der Waals surface area contributed by atoms with Crippen LogP contribution in [0.1, 0.15) is 48.5 Å². The minimum Gasteiger partial charge on any atom is -0.459 e. The van der Waals surface area contributed by atoms with Crippen molar-refractivity contribution in [1.82, 2.24) is 10.2 Å². The third kappa shape index (κ3) is 3.48. The van der Waals surface area contributed by atoms with Gasteiger partial charge in [0.05, 0.1) is 17.3 Å². The molecule has 1 fully saturated rings. The van der Waals surface area contributed by atoms with Crippen LogP contribution in [0.4, 0.5) is 4.39 Å². The topological polar surface area (TPSA) is 61.3 Å². The maximum absolute atomic E-state index is 14.7. The summed E-state index contributed by atoms with van der Waals surface area (Å²) in [6.07, 6.45) is 2.91. The smallest absolute Gasteiger partial charge is 0.344 e. The molecule has 0 N–H and O–H groups in total. The standard InChI is InChI=1S/C17H16ClFN2O3/c1-9(2)23-17(22)12-7-8-20-21-16(12)24-15-13(18)6-5-11(14(15)19)10-3-4-10/h5-10H,3-4H2,1-2H3. The Kier molecular flexibility index (Phi) is 4.66. The molecule has 1 aliphatic carbocycles. The van der Waals surface area contributed by atoms with Gasteiger partial charge in [-0.3, -0.25) is 0 Å². The molecule has 1 aliphatic rings. The fourth-order valence-corrected chi connectivity index (χ4v) is 2.46. The molecule has 1 heterocycles. The number of aromatic nitrogens is 2. The molecule has 24 heavy (non-hydrogen) atoms. The van der Waals surface area contributed by atoms with Gasteiger partial charge in [0.25, 0.3) is 5.88 Å². The van der Waals surface area contributed by atoms with Crippen LogP contribution in [-0.2, 0) is 4.74 Å². The van der Waals surface area contributed by atoms with Crippen LogP contribution in [-0.4, -0.2) is 22.3 Å². The van der Waals surface area contributed by atoms with Crippen molar-refractivity contribution in [3.05, 3.63) is 46.4 Å². The molecular weight excluding hydrogens is 335 g/mol. The molecule has 0 saturated heterocycles. The van der Waals surface area contributed by atoms with E-state index in [0.29, 0.717) is 5.56 Å². The first-order chi connectivity index (χ1) is 11.5. The number of rotatable bonds is 5. The Morgan fingerprint density at radius 2 is 2.08 bits per heavy atom. The molecule has 1 aromatic carbocycles. The average Bonchev–Trinajstić information content (AvgIpc) is 3.36. The number of benzene rings is 1. The first kappa shape index (κ1) is 16.6. The second-order valence-electron chi connectivity index (χ2n) is 5.86. The summed E-state index contributed by atoms with van der Waals surface area (Å²) in [5, 5.41) is 7.56. The van der Waals surface area contributed by atoms with Crippen LogP contribution in [0, 0.1) is 5.82 Å². The largest absolute Gasteiger partial charge is 0.459 e. The van der Waals surface area contributed by atoms with Crippen LogP contribution in [0.2, 0.25) is 5.02 Å². The summed E-state index contributed by atoms with van der Waals surface area (Å²) in [6.45, 7) is 3.45. The van der Waals surface area contributed by atoms with E-state index in [1.165, 1.54) is 12.3 Å². The van der Waals surface area contributed by atoms with Gasteiger partial charge >= 0.3 is 5.97 Å². The Bertz CT molecular complexity index is 778. The molecule has 0 atom stereocenters. The maximum atomic E-state index is 14.7. The Labute approximate surface area is 143 Å². The van der Waals surface area contributed by atoms with Gasteiger partial charge in [-0.15, -0.1) is 5.10 Å². The predicted molar refractivity (Wildman–Crippen MR) is 86.0 cm³/mol. The van der Waals surface area contributed by atoms with Gasteiger partial charge in [0.15, 0.2) is 11.6 Å². The molecular formula is C17H16ClFN2O3. The van der Waals surface area contributed by atoms with Crippen molar-refractivity contribution in [1.29, 1.82) is 0 Å². The van der Waals surface area contributed by atoms with Crippen molar-refractivity contribution in [2.75, 3.05) is 0 Å². The fourth-order valence-electron chi connectivity index (χ4n) is 2.27. The van der Waals surface area contributed by atoms with Crippen molar-refractivity contribution in [3.8, 4) is 11.6 Å². The quantitative estimate of drug-likeness (QED) is 0.743. The summed E-state index contributed by atoms with van der Waals surface area (Å²) < 4.78 is 25.3. The lowest BCUT2D eigenvalue weighted by Gasteiger charge is -2.13. The van der Waals surface area contributed by atoms with Gasteiger partial charge in [0, 0.05) is 0 Å². The number of halogens is 2. The lowest BCUT2D eigenvalue weighted by atomic mass is 10.1. The number of nitrogens with zero attached hydrogens (tertiary/aromatic N) is 2. The van der Waals surface area contributed by atoms with Crippen LogP contribution in [0.5, 0.6) is 11.6 Å². The van der Waals surface area contributed by atoms with Crippen LogP contribution in [0.15, 0.2) is 24.4 Å². The van der Waals surface area contributed by atoms with Gasteiger partial charge in [0.1, 0.15) is 5.56 Å². The van der Waals surface area contributed by atoms with E-state index < -0.39 is 11.8 Å². The number of hydrogen-bond donors (Lipinski definition) is 0. The number of hydrogen-bond acceptors (Lipinski definition) is 5. The molecule has 2 aromatic rings. The summed E-state index contributed by atoms with van der Waals surface area (Å²) in [5.74, 6) is -1.25. The lowest BCUT2D eigenvalue weighted by molar-refractivity contribution is 0.0374. The van der Waals surface area contributed by atoms with E-state index >= 15 is 0 Å². The van der Waals surface area contributed by atoms with E-state index in [1.807, 2.05) is 0 Å². The van der Waals surface area contributed by atoms with Gasteiger partial charge in [-0.2, -0.15) is 5.10 Å². The summed E-state index contributed by atoms with van der Waals surface area (Å²) in [4.78, 5) is 12.1. The Balaban J connectivity index is 1.95. The zero-order valence-electron chi connectivity index (χ0n) is 13.3. The minimum atomic E-state index is -0.621. The van der Waals surface area contributed by atoms with Gasteiger partial charge in [0.2, 0.25) is 0 Å². The second-order valence-corrected chi connectivity index (χ2v) is 6.27. The van der Waals surface area contributed by atoms with Crippen LogP contribution >= 0.6 is 11.6 Å². The zero-order chi connectivity index (χ0) is 17.3. The van der Waals surface area contributed by atoms with Crippen LogP contribution in [0.3, 0.4) is 0 Å². The van der Waals surface area contributed by atoms with E-state index in [2.05, 4.69) is 10.2 Å². The van der Waals surface area contributed by atoms with Gasteiger partial charge < -0.3 is 9.47 Å². The number of carbonyl (C=O) groups is 1. The molecule has 1 saturated carbocycles. The summed E-state index contributed by atoms with van der Waals surface area (Å²) in [7, 11) is 0. The Hall–Kier alpha value is -2.21. The molecule has 0 bridgehead atoms. The van der Waals surface area contributed by atoms with Crippen molar-refractivity contribution < 1.29 is 18.7 Å². The van der Waals surface area contributed by atoms with Crippen molar-refractivity contribution in [2.45, 2.75) is 38.7 Å². The van der Waals surface area contributed by atoms with E-state index in [1.54, 1.807) is 26.0 Å². The minimum absolute atomic E-state index is 0.0611. The highest BCUT2D eigenvalue weighted by atomic mass is 35.5. The summed E-state index contributed by atoms with van der Waals surface area (Å²) in [5.41, 5.74) is 0.621. The van der Waals surface area contributed by atoms with Crippen LogP contribution in [0.25, 0.3) is 0 Å². The molecule has 1 aromatic heterocycles. The normalized spacial score (nSPS) is 13.9. The number of ether oxygens (including phenoxy) is 2.